The third kappa shape index (κ3) is 2.43. The Bertz CT molecular complexity index is 419. The van der Waals surface area contributed by atoms with Crippen LogP contribution in [0.25, 0.3) is 0 Å². The van der Waals surface area contributed by atoms with E-state index < -0.39 is 0 Å². The normalized spacial score (nSPS) is 21.6. The van der Waals surface area contributed by atoms with E-state index in [2.05, 4.69) is 26.3 Å². The summed E-state index contributed by atoms with van der Waals surface area (Å²) in [6.45, 7) is 4.48. The minimum atomic E-state index is 0.516. The van der Waals surface area contributed by atoms with Gasteiger partial charge in [-0.05, 0) is 45.3 Å². The molecule has 88 valence electrons. The molecule has 0 N–H and O–H groups in total. The lowest BCUT2D eigenvalue weighted by atomic mass is 9.78. The summed E-state index contributed by atoms with van der Waals surface area (Å²) in [5, 5.41) is 0. The van der Waals surface area contributed by atoms with E-state index in [4.69, 9.17) is 12.2 Å². The van der Waals surface area contributed by atoms with Crippen LogP contribution in [-0.4, -0.2) is 12.4 Å². The highest BCUT2D eigenvalue weighted by molar-refractivity contribution is 7.73. The Morgan fingerprint density at radius 1 is 1.44 bits per heavy atom. The lowest BCUT2D eigenvalue weighted by Crippen LogP contribution is -2.10. The fourth-order valence-corrected chi connectivity index (χ4v) is 4.54. The van der Waals surface area contributed by atoms with Gasteiger partial charge >= 0.3 is 0 Å². The van der Waals surface area contributed by atoms with Gasteiger partial charge in [-0.2, -0.15) is 0 Å². The van der Waals surface area contributed by atoms with Crippen LogP contribution in [0.5, 0.6) is 0 Å². The Labute approximate surface area is 108 Å². The Morgan fingerprint density at radius 3 is 2.88 bits per heavy atom. The van der Waals surface area contributed by atoms with Gasteiger partial charge in [0.1, 0.15) is 7.85 Å². The minimum absolute atomic E-state index is 0.516. The molecule has 1 nitrogen and oxygen atoms in total. The van der Waals surface area contributed by atoms with Gasteiger partial charge in [-0.3, -0.25) is 0 Å². The van der Waals surface area contributed by atoms with Crippen molar-refractivity contribution in [2.24, 2.45) is 0 Å². The van der Waals surface area contributed by atoms with E-state index in [9.17, 15) is 0 Å². The molecule has 0 fully saturated rings. The van der Waals surface area contributed by atoms with Gasteiger partial charge in [-0.25, -0.2) is 0 Å². The van der Waals surface area contributed by atoms with Gasteiger partial charge in [-0.15, -0.1) is 11.3 Å². The SMILES string of the molecule is BC1CCCCc2c(sc(=S)n2C(C)C)C1. The second kappa shape index (κ2) is 5.05. The number of aromatic nitrogens is 1. The molecule has 1 aliphatic carbocycles. The van der Waals surface area contributed by atoms with E-state index in [1.807, 2.05) is 11.3 Å². The zero-order chi connectivity index (χ0) is 11.7. The van der Waals surface area contributed by atoms with Crippen LogP contribution in [-0.2, 0) is 12.8 Å². The van der Waals surface area contributed by atoms with Crippen molar-refractivity contribution in [3.63, 3.8) is 0 Å². The lowest BCUT2D eigenvalue weighted by molar-refractivity contribution is 0.538. The smallest absolute Gasteiger partial charge is 0.161 e. The molecule has 2 rings (SSSR count). The Morgan fingerprint density at radius 2 is 2.19 bits per heavy atom. The maximum absolute atomic E-state index is 5.51. The van der Waals surface area contributed by atoms with Gasteiger partial charge in [0, 0.05) is 16.6 Å². The van der Waals surface area contributed by atoms with Gasteiger partial charge < -0.3 is 4.57 Å². The van der Waals surface area contributed by atoms with Crippen molar-refractivity contribution in [1.82, 2.24) is 4.57 Å². The van der Waals surface area contributed by atoms with Crippen molar-refractivity contribution in [3.05, 3.63) is 14.5 Å². The Kier molecular flexibility index (Phi) is 3.91. The number of rotatable bonds is 1. The van der Waals surface area contributed by atoms with E-state index in [-0.39, 0.29) is 0 Å². The number of nitrogens with zero attached hydrogens (tertiary/aromatic N) is 1. The number of fused-ring (bicyclic) bond motifs is 1. The average Bonchev–Trinajstić information content (AvgIpc) is 2.46. The Hall–Kier alpha value is -0.0851. The summed E-state index contributed by atoms with van der Waals surface area (Å²) in [5.74, 6) is 0.827. The fourth-order valence-electron chi connectivity index (χ4n) is 2.60. The first-order valence-electron chi connectivity index (χ1n) is 6.32. The summed E-state index contributed by atoms with van der Waals surface area (Å²) >= 11 is 7.35. The molecule has 1 aliphatic rings. The molecule has 16 heavy (non-hydrogen) atoms. The number of hydrogen-bond donors (Lipinski definition) is 0. The van der Waals surface area contributed by atoms with Crippen LogP contribution in [0, 0.1) is 3.95 Å². The summed E-state index contributed by atoms with van der Waals surface area (Å²) in [4.78, 5) is 1.56. The van der Waals surface area contributed by atoms with Gasteiger partial charge in [0.25, 0.3) is 0 Å². The zero-order valence-electron chi connectivity index (χ0n) is 10.5. The van der Waals surface area contributed by atoms with E-state index in [0.29, 0.717) is 6.04 Å². The van der Waals surface area contributed by atoms with Gasteiger partial charge in [0.05, 0.1) is 0 Å². The third-order valence-electron chi connectivity index (χ3n) is 3.43. The summed E-state index contributed by atoms with van der Waals surface area (Å²) in [5.41, 5.74) is 1.54. The van der Waals surface area contributed by atoms with Crippen molar-refractivity contribution >= 4 is 31.4 Å². The van der Waals surface area contributed by atoms with Crippen molar-refractivity contribution in [2.45, 2.75) is 57.8 Å². The van der Waals surface area contributed by atoms with Crippen LogP contribution in [0.3, 0.4) is 0 Å². The summed E-state index contributed by atoms with van der Waals surface area (Å²) in [6, 6.07) is 0.516. The zero-order valence-corrected chi connectivity index (χ0v) is 12.1. The molecule has 1 atom stereocenters. The number of thiazole rings is 1. The second-order valence-electron chi connectivity index (χ2n) is 5.26. The standard InChI is InChI=1S/C12H20BNS2/c1-8(2)14-10-6-4-3-5-9(13)7-11(10)16-12(14)15/h8-9H,3-7,13H2,1-2H3. The average molecular weight is 253 g/mol. The molecular formula is C12H20BNS2. The highest BCUT2D eigenvalue weighted by Crippen LogP contribution is 2.31. The predicted octanol–water partition coefficient (Wildman–Crippen LogP) is 3.55. The second-order valence-corrected chi connectivity index (χ2v) is 6.99. The molecule has 0 aromatic carbocycles. The highest BCUT2D eigenvalue weighted by Gasteiger charge is 2.18. The quantitative estimate of drug-likeness (QED) is 0.547. The molecule has 0 aliphatic heterocycles. The highest BCUT2D eigenvalue weighted by atomic mass is 32.1. The van der Waals surface area contributed by atoms with Crippen molar-refractivity contribution < 1.29 is 0 Å². The molecule has 0 radical (unpaired) electrons. The van der Waals surface area contributed by atoms with Gasteiger partial charge in [0.2, 0.25) is 0 Å². The topological polar surface area (TPSA) is 4.93 Å². The monoisotopic (exact) mass is 253 g/mol. The summed E-state index contributed by atoms with van der Waals surface area (Å²) < 4.78 is 3.46. The van der Waals surface area contributed by atoms with Crippen molar-refractivity contribution in [3.8, 4) is 0 Å². The molecule has 1 aromatic rings. The van der Waals surface area contributed by atoms with Crippen LogP contribution in [0.4, 0.5) is 0 Å². The molecule has 0 amide bonds. The Balaban J connectivity index is 2.43. The predicted molar refractivity (Wildman–Crippen MR) is 77.1 cm³/mol. The molecule has 4 heteroatoms. The van der Waals surface area contributed by atoms with Crippen LogP contribution >= 0.6 is 23.6 Å². The first-order valence-corrected chi connectivity index (χ1v) is 7.55. The van der Waals surface area contributed by atoms with E-state index >= 15 is 0 Å². The maximum atomic E-state index is 5.51. The largest absolute Gasteiger partial charge is 0.324 e. The minimum Gasteiger partial charge on any atom is -0.324 e. The van der Waals surface area contributed by atoms with Crippen LogP contribution in [0.2, 0.25) is 5.82 Å². The molecule has 0 saturated carbocycles. The summed E-state index contributed by atoms with van der Waals surface area (Å²) in [6.07, 6.45) is 6.55. The van der Waals surface area contributed by atoms with Crippen molar-refractivity contribution in [2.75, 3.05) is 0 Å². The first-order chi connectivity index (χ1) is 7.59. The first kappa shape index (κ1) is 12.4. The van der Waals surface area contributed by atoms with E-state index in [1.54, 1.807) is 4.88 Å². The molecule has 0 spiro atoms. The van der Waals surface area contributed by atoms with E-state index in [1.165, 1.54) is 37.8 Å². The van der Waals surface area contributed by atoms with Crippen LogP contribution in [0.1, 0.15) is 49.7 Å². The van der Waals surface area contributed by atoms with Crippen LogP contribution in [0.15, 0.2) is 0 Å². The van der Waals surface area contributed by atoms with Crippen LogP contribution < -0.4 is 0 Å². The van der Waals surface area contributed by atoms with Gasteiger partial charge in [0.15, 0.2) is 3.95 Å². The molecule has 1 unspecified atom stereocenters. The third-order valence-corrected chi connectivity index (χ3v) is 4.90. The molecule has 0 bridgehead atoms. The lowest BCUT2D eigenvalue weighted by Gasteiger charge is -2.18. The molecular weight excluding hydrogens is 233 g/mol. The number of hydrogen-bond acceptors (Lipinski definition) is 2. The van der Waals surface area contributed by atoms with Crippen molar-refractivity contribution in [1.29, 1.82) is 0 Å². The van der Waals surface area contributed by atoms with E-state index in [0.717, 1.165) is 9.77 Å². The molecule has 0 saturated heterocycles. The molecule has 1 aromatic heterocycles. The summed E-state index contributed by atoms with van der Waals surface area (Å²) in [7, 11) is 2.37. The molecule has 1 heterocycles. The van der Waals surface area contributed by atoms with Gasteiger partial charge in [-0.1, -0.05) is 18.7 Å². The maximum Gasteiger partial charge on any atom is 0.161 e. The fraction of sp³-hybridized carbons (Fsp3) is 0.750.